The zero-order valence-corrected chi connectivity index (χ0v) is 25.1. The third-order valence-corrected chi connectivity index (χ3v) is 8.30. The van der Waals surface area contributed by atoms with Crippen LogP contribution >= 0.6 is 0 Å². The van der Waals surface area contributed by atoms with Crippen LogP contribution in [-0.4, -0.2) is 70.0 Å². The van der Waals surface area contributed by atoms with E-state index < -0.39 is 24.5 Å². The fourth-order valence-corrected chi connectivity index (χ4v) is 6.13. The summed E-state index contributed by atoms with van der Waals surface area (Å²) in [4.78, 5) is 34.8. The van der Waals surface area contributed by atoms with E-state index in [9.17, 15) is 14.7 Å². The van der Waals surface area contributed by atoms with Crippen LogP contribution in [-0.2, 0) is 20.8 Å². The Kier molecular flexibility index (Phi) is 9.38. The molecule has 1 aliphatic carbocycles. The summed E-state index contributed by atoms with van der Waals surface area (Å²) in [6.07, 6.45) is -0.0919. The number of amides is 2. The molecule has 224 valence electrons. The summed E-state index contributed by atoms with van der Waals surface area (Å²) >= 11 is 0. The monoisotopic (exact) mass is 581 g/mol. The van der Waals surface area contributed by atoms with E-state index in [-0.39, 0.29) is 24.9 Å². The van der Waals surface area contributed by atoms with Crippen LogP contribution in [0.4, 0.5) is 4.79 Å². The fraction of sp³-hybridized carbons (Fsp3) is 0.343. The molecule has 0 fully saturated rings. The number of carboxylic acid groups (broad SMARTS) is 1. The van der Waals surface area contributed by atoms with Crippen molar-refractivity contribution in [2.24, 2.45) is 0 Å². The first-order chi connectivity index (χ1) is 20.8. The highest BCUT2D eigenvalue weighted by atomic mass is 16.7. The highest BCUT2D eigenvalue weighted by molar-refractivity contribution is 5.87. The molecule has 0 unspecified atom stereocenters. The minimum Gasteiger partial charge on any atom is -0.465 e. The molecule has 5 rings (SSSR count). The van der Waals surface area contributed by atoms with E-state index in [1.165, 1.54) is 4.90 Å². The van der Waals surface area contributed by atoms with Gasteiger partial charge >= 0.3 is 6.09 Å². The number of aromatic nitrogens is 1. The molecule has 1 heterocycles. The predicted molar refractivity (Wildman–Crippen MR) is 167 cm³/mol. The van der Waals surface area contributed by atoms with Gasteiger partial charge in [0.1, 0.15) is 6.04 Å². The minimum absolute atomic E-state index is 0.147. The van der Waals surface area contributed by atoms with Gasteiger partial charge in [0, 0.05) is 43.8 Å². The van der Waals surface area contributed by atoms with Crippen molar-refractivity contribution in [3.8, 4) is 11.1 Å². The summed E-state index contributed by atoms with van der Waals surface area (Å²) in [6.45, 7) is 8.49. The summed E-state index contributed by atoms with van der Waals surface area (Å²) in [5, 5.41) is 11.4. The van der Waals surface area contributed by atoms with Crippen molar-refractivity contribution in [2.75, 3.05) is 19.8 Å². The molecule has 1 aliphatic rings. The maximum absolute atomic E-state index is 14.4. The molecule has 0 radical (unpaired) electrons. The fourth-order valence-electron chi connectivity index (χ4n) is 6.13. The van der Waals surface area contributed by atoms with E-state index in [1.54, 1.807) is 18.0 Å². The smallest absolute Gasteiger partial charge is 0.408 e. The number of fused-ring (bicyclic) bond motifs is 4. The summed E-state index contributed by atoms with van der Waals surface area (Å²) in [5.74, 6) is -0.515. The van der Waals surface area contributed by atoms with Gasteiger partial charge in [-0.3, -0.25) is 14.7 Å². The molecular formula is C35H39N3O5. The average molecular weight is 582 g/mol. The van der Waals surface area contributed by atoms with Gasteiger partial charge in [-0.2, -0.15) is 0 Å². The number of hydrogen-bond acceptors (Lipinski definition) is 5. The second kappa shape index (κ2) is 13.4. The van der Waals surface area contributed by atoms with Crippen molar-refractivity contribution in [3.05, 3.63) is 102 Å². The van der Waals surface area contributed by atoms with Crippen molar-refractivity contribution < 1.29 is 24.2 Å². The van der Waals surface area contributed by atoms with Gasteiger partial charge in [-0.1, -0.05) is 72.8 Å². The number of carbonyl (C=O) groups is 2. The standard InChI is InChI=1S/C35H39N3O5/c1-5-42-34(43-6-2)24(4)37(21-26-14-11-13-25-15-12-20-36-32(25)26)33(39)23(3)38(35(40)41)22-31-29-18-9-7-16-27(29)28-17-8-10-19-30(28)31/h7-20,23-24,31,34H,5-6,21-22H2,1-4H3,(H,40,41)/t23-,24-/m0/s1. The Morgan fingerprint density at radius 1 is 0.837 bits per heavy atom. The van der Waals surface area contributed by atoms with Gasteiger partial charge in [0.05, 0.1) is 11.6 Å². The van der Waals surface area contributed by atoms with Crippen LogP contribution in [0.2, 0.25) is 0 Å². The van der Waals surface area contributed by atoms with E-state index in [0.29, 0.717) is 13.2 Å². The van der Waals surface area contributed by atoms with Gasteiger partial charge in [0.2, 0.25) is 5.91 Å². The van der Waals surface area contributed by atoms with Crippen LogP contribution in [0.25, 0.3) is 22.0 Å². The lowest BCUT2D eigenvalue weighted by atomic mass is 9.95. The average Bonchev–Trinajstić information content (AvgIpc) is 3.34. The zero-order chi connectivity index (χ0) is 30.5. The Morgan fingerprint density at radius 2 is 1.44 bits per heavy atom. The number of nitrogens with zero attached hydrogens (tertiary/aromatic N) is 3. The van der Waals surface area contributed by atoms with E-state index in [1.807, 2.05) is 87.5 Å². The number of pyridine rings is 1. The van der Waals surface area contributed by atoms with Crippen LogP contribution in [0, 0.1) is 0 Å². The topological polar surface area (TPSA) is 92.2 Å². The van der Waals surface area contributed by atoms with Gasteiger partial charge < -0.3 is 19.5 Å². The summed E-state index contributed by atoms with van der Waals surface area (Å²) in [7, 11) is 0. The number of para-hydroxylation sites is 1. The molecule has 3 aromatic carbocycles. The van der Waals surface area contributed by atoms with Crippen LogP contribution in [0.5, 0.6) is 0 Å². The van der Waals surface area contributed by atoms with Crippen molar-refractivity contribution in [2.45, 2.75) is 58.5 Å². The summed E-state index contributed by atoms with van der Waals surface area (Å²) < 4.78 is 11.8. The minimum atomic E-state index is -1.15. The van der Waals surface area contributed by atoms with E-state index >= 15 is 0 Å². The molecular weight excluding hydrogens is 542 g/mol. The molecule has 43 heavy (non-hydrogen) atoms. The van der Waals surface area contributed by atoms with Crippen LogP contribution in [0.15, 0.2) is 85.1 Å². The molecule has 2 amide bonds. The molecule has 0 saturated heterocycles. The summed E-state index contributed by atoms with van der Waals surface area (Å²) in [6, 6.07) is 24.4. The first-order valence-corrected chi connectivity index (χ1v) is 14.9. The Morgan fingerprint density at radius 3 is 2.05 bits per heavy atom. The lowest BCUT2D eigenvalue weighted by molar-refractivity contribution is -0.180. The predicted octanol–water partition coefficient (Wildman–Crippen LogP) is 6.53. The van der Waals surface area contributed by atoms with Crippen molar-refractivity contribution >= 4 is 22.9 Å². The quantitative estimate of drug-likeness (QED) is 0.191. The molecule has 0 saturated carbocycles. The zero-order valence-electron chi connectivity index (χ0n) is 25.1. The van der Waals surface area contributed by atoms with Crippen molar-refractivity contribution in [1.82, 2.24) is 14.8 Å². The van der Waals surface area contributed by atoms with Crippen molar-refractivity contribution in [1.29, 1.82) is 0 Å². The lowest BCUT2D eigenvalue weighted by Crippen LogP contribution is -2.55. The highest BCUT2D eigenvalue weighted by Gasteiger charge is 2.38. The number of carbonyl (C=O) groups excluding carboxylic acids is 1. The highest BCUT2D eigenvalue weighted by Crippen LogP contribution is 2.45. The van der Waals surface area contributed by atoms with Gasteiger partial charge in [0.25, 0.3) is 0 Å². The molecule has 0 spiro atoms. The molecule has 4 aromatic rings. The number of rotatable bonds is 12. The Labute approximate surface area is 252 Å². The lowest BCUT2D eigenvalue weighted by Gasteiger charge is -2.38. The first kappa shape index (κ1) is 30.2. The number of benzene rings is 3. The maximum Gasteiger partial charge on any atom is 0.408 e. The van der Waals surface area contributed by atoms with E-state index in [0.717, 1.165) is 38.7 Å². The van der Waals surface area contributed by atoms with Gasteiger partial charge in [-0.05, 0) is 61.6 Å². The molecule has 8 nitrogen and oxygen atoms in total. The third kappa shape index (κ3) is 6.12. The van der Waals surface area contributed by atoms with Gasteiger partial charge in [-0.25, -0.2) is 4.79 Å². The Balaban J connectivity index is 1.49. The van der Waals surface area contributed by atoms with Crippen molar-refractivity contribution in [3.63, 3.8) is 0 Å². The van der Waals surface area contributed by atoms with Crippen LogP contribution < -0.4 is 0 Å². The molecule has 0 bridgehead atoms. The van der Waals surface area contributed by atoms with Crippen LogP contribution in [0.3, 0.4) is 0 Å². The molecule has 1 N–H and O–H groups in total. The van der Waals surface area contributed by atoms with Gasteiger partial charge in [0.15, 0.2) is 6.29 Å². The Bertz CT molecular complexity index is 1530. The Hall–Kier alpha value is -4.27. The number of hydrogen-bond donors (Lipinski definition) is 1. The molecule has 2 atom stereocenters. The maximum atomic E-state index is 14.4. The third-order valence-electron chi connectivity index (χ3n) is 8.30. The second-order valence-electron chi connectivity index (χ2n) is 10.8. The van der Waals surface area contributed by atoms with E-state index in [4.69, 9.17) is 9.47 Å². The van der Waals surface area contributed by atoms with Gasteiger partial charge in [-0.15, -0.1) is 0 Å². The largest absolute Gasteiger partial charge is 0.465 e. The van der Waals surface area contributed by atoms with E-state index in [2.05, 4.69) is 17.1 Å². The first-order valence-electron chi connectivity index (χ1n) is 14.9. The second-order valence-corrected chi connectivity index (χ2v) is 10.8. The summed E-state index contributed by atoms with van der Waals surface area (Å²) in [5.41, 5.74) is 5.98. The molecule has 1 aromatic heterocycles. The molecule has 0 aliphatic heterocycles. The van der Waals surface area contributed by atoms with Crippen LogP contribution in [0.1, 0.15) is 50.3 Å². The number of ether oxygens (including phenoxy) is 2. The molecule has 8 heteroatoms. The SMILES string of the molecule is CCOC(OCC)[C@H](C)N(Cc1cccc2cccnc12)C(=O)[C@H](C)N(CC1c2ccccc2-c2ccccc21)C(=O)O. The normalized spacial score (nSPS) is 13.9.